The molecule has 0 radical (unpaired) electrons. The van der Waals surface area contributed by atoms with Crippen LogP contribution in [0.1, 0.15) is 10.4 Å². The minimum atomic E-state index is -0.225. The van der Waals surface area contributed by atoms with Gasteiger partial charge in [0.25, 0.3) is 5.91 Å². The van der Waals surface area contributed by atoms with Gasteiger partial charge in [0.2, 0.25) is 0 Å². The maximum absolute atomic E-state index is 12.4. The van der Waals surface area contributed by atoms with Crippen LogP contribution in [0.2, 0.25) is 5.02 Å². The number of amides is 1. The first kappa shape index (κ1) is 16.4. The first-order valence-corrected chi connectivity index (χ1v) is 8.48. The molecule has 2 heterocycles. The second-order valence-electron chi connectivity index (χ2n) is 5.55. The van der Waals surface area contributed by atoms with Gasteiger partial charge in [0.05, 0.1) is 16.9 Å². The van der Waals surface area contributed by atoms with Crippen LogP contribution < -0.4 is 10.2 Å². The van der Waals surface area contributed by atoms with E-state index >= 15 is 0 Å². The quantitative estimate of drug-likeness (QED) is 0.856. The molecular formula is C16H17BrClN3O2. The van der Waals surface area contributed by atoms with Gasteiger partial charge in [-0.05, 0) is 41.2 Å². The third-order valence-electron chi connectivity index (χ3n) is 3.88. The molecule has 0 spiro atoms. The van der Waals surface area contributed by atoms with Crippen molar-refractivity contribution in [3.05, 3.63) is 45.8 Å². The number of benzene rings is 1. The highest BCUT2D eigenvalue weighted by Gasteiger charge is 2.19. The fourth-order valence-corrected chi connectivity index (χ4v) is 3.07. The van der Waals surface area contributed by atoms with E-state index in [-0.39, 0.29) is 5.91 Å². The lowest BCUT2D eigenvalue weighted by Gasteiger charge is -2.35. The number of halogens is 2. The van der Waals surface area contributed by atoms with E-state index in [2.05, 4.69) is 38.1 Å². The van der Waals surface area contributed by atoms with E-state index in [1.165, 1.54) is 6.26 Å². The third kappa shape index (κ3) is 3.88. The van der Waals surface area contributed by atoms with Gasteiger partial charge in [-0.15, -0.1) is 0 Å². The molecular weight excluding hydrogens is 382 g/mol. The Labute approximate surface area is 148 Å². The van der Waals surface area contributed by atoms with Gasteiger partial charge in [-0.25, -0.2) is 0 Å². The van der Waals surface area contributed by atoms with Crippen LogP contribution in [0.25, 0.3) is 0 Å². The van der Waals surface area contributed by atoms with Crippen molar-refractivity contribution < 1.29 is 9.21 Å². The maximum Gasteiger partial charge on any atom is 0.259 e. The molecule has 3 rings (SSSR count). The summed E-state index contributed by atoms with van der Waals surface area (Å²) in [5.74, 6) is -0.225. The summed E-state index contributed by atoms with van der Waals surface area (Å²) >= 11 is 9.31. The van der Waals surface area contributed by atoms with Gasteiger partial charge in [-0.3, -0.25) is 4.79 Å². The van der Waals surface area contributed by atoms with Crippen molar-refractivity contribution in [2.75, 3.05) is 43.4 Å². The summed E-state index contributed by atoms with van der Waals surface area (Å²) < 4.78 is 5.64. The van der Waals surface area contributed by atoms with Crippen LogP contribution in [0, 0.1) is 0 Å². The number of likely N-dealkylation sites (N-methyl/N-ethyl adjacent to an activating group) is 1. The Morgan fingerprint density at radius 2 is 2.00 bits per heavy atom. The molecule has 1 N–H and O–H groups in total. The lowest BCUT2D eigenvalue weighted by atomic mass is 10.2. The largest absolute Gasteiger partial charge is 0.457 e. The van der Waals surface area contributed by atoms with E-state index in [9.17, 15) is 4.79 Å². The van der Waals surface area contributed by atoms with Crippen molar-refractivity contribution in [2.24, 2.45) is 0 Å². The average Bonchev–Trinajstić information content (AvgIpc) is 2.95. The van der Waals surface area contributed by atoms with Crippen molar-refractivity contribution in [2.45, 2.75) is 0 Å². The minimum Gasteiger partial charge on any atom is -0.457 e. The van der Waals surface area contributed by atoms with Crippen molar-refractivity contribution in [3.8, 4) is 0 Å². The summed E-state index contributed by atoms with van der Waals surface area (Å²) in [4.78, 5) is 16.9. The number of nitrogens with one attached hydrogen (secondary N) is 1. The summed E-state index contributed by atoms with van der Waals surface area (Å²) in [7, 11) is 2.11. The predicted octanol–water partition coefficient (Wildman–Crippen LogP) is 3.70. The number of piperazine rings is 1. The second kappa shape index (κ2) is 6.95. The summed E-state index contributed by atoms with van der Waals surface area (Å²) in [6.45, 7) is 3.81. The number of carbonyl (C=O) groups excluding carboxylic acids is 1. The van der Waals surface area contributed by atoms with Crippen molar-refractivity contribution in [1.29, 1.82) is 0 Å². The molecule has 0 saturated carbocycles. The summed E-state index contributed by atoms with van der Waals surface area (Å²) in [6.07, 6.45) is 1.42. The lowest BCUT2D eigenvalue weighted by molar-refractivity contribution is 0.102. The first-order chi connectivity index (χ1) is 11.0. The number of hydrogen-bond acceptors (Lipinski definition) is 4. The highest BCUT2D eigenvalue weighted by molar-refractivity contribution is 9.10. The zero-order chi connectivity index (χ0) is 16.4. The third-order valence-corrected chi connectivity index (χ3v) is 4.53. The number of nitrogens with zero attached hydrogens (tertiary/aromatic N) is 2. The molecule has 1 aromatic heterocycles. The summed E-state index contributed by atoms with van der Waals surface area (Å²) in [5.41, 5.74) is 2.16. The normalized spacial score (nSPS) is 15.7. The van der Waals surface area contributed by atoms with Crippen LogP contribution in [0.5, 0.6) is 0 Å². The number of rotatable bonds is 3. The van der Waals surface area contributed by atoms with Gasteiger partial charge >= 0.3 is 0 Å². The molecule has 1 amide bonds. The fourth-order valence-electron chi connectivity index (χ4n) is 2.56. The molecule has 1 saturated heterocycles. The molecule has 7 heteroatoms. The number of furan rings is 1. The Balaban J connectivity index is 1.83. The topological polar surface area (TPSA) is 48.7 Å². The Kier molecular flexibility index (Phi) is 4.94. The van der Waals surface area contributed by atoms with Crippen LogP contribution in [-0.2, 0) is 0 Å². The summed E-state index contributed by atoms with van der Waals surface area (Å²) in [5, 5.41) is 3.52. The lowest BCUT2D eigenvalue weighted by Crippen LogP contribution is -2.44. The van der Waals surface area contributed by atoms with E-state index < -0.39 is 0 Å². The second-order valence-corrected chi connectivity index (χ2v) is 6.76. The number of hydrogen-bond donors (Lipinski definition) is 1. The zero-order valence-corrected chi connectivity index (χ0v) is 15.0. The van der Waals surface area contributed by atoms with Crippen molar-refractivity contribution in [3.63, 3.8) is 0 Å². The molecule has 1 aliphatic rings. The van der Waals surface area contributed by atoms with Crippen molar-refractivity contribution in [1.82, 2.24) is 4.90 Å². The van der Waals surface area contributed by atoms with E-state index in [0.717, 1.165) is 31.9 Å². The van der Waals surface area contributed by atoms with Crippen LogP contribution in [0.4, 0.5) is 11.4 Å². The molecule has 0 bridgehead atoms. The van der Waals surface area contributed by atoms with E-state index in [4.69, 9.17) is 16.0 Å². The Hall–Kier alpha value is -1.50. The molecule has 1 aromatic carbocycles. The molecule has 1 fully saturated rings. The van der Waals surface area contributed by atoms with Crippen molar-refractivity contribution >= 4 is 44.8 Å². The standard InChI is InChI=1S/C16H17BrClN3O2/c1-20-4-6-21(7-5-20)14-3-2-12(18)9-13(14)19-16(22)11-8-15(17)23-10-11/h2-3,8-10H,4-7H2,1H3,(H,19,22). The van der Waals surface area contributed by atoms with Gasteiger partial charge in [-0.2, -0.15) is 0 Å². The van der Waals surface area contributed by atoms with Crippen LogP contribution >= 0.6 is 27.5 Å². The van der Waals surface area contributed by atoms with E-state index in [1.54, 1.807) is 12.1 Å². The molecule has 122 valence electrons. The predicted molar refractivity (Wildman–Crippen MR) is 95.5 cm³/mol. The van der Waals surface area contributed by atoms with Gasteiger partial charge < -0.3 is 19.5 Å². The number of carbonyl (C=O) groups is 1. The first-order valence-electron chi connectivity index (χ1n) is 7.31. The summed E-state index contributed by atoms with van der Waals surface area (Å²) in [6, 6.07) is 7.21. The molecule has 1 aliphatic heterocycles. The van der Waals surface area contributed by atoms with Crippen LogP contribution in [0.3, 0.4) is 0 Å². The molecule has 5 nitrogen and oxygen atoms in total. The van der Waals surface area contributed by atoms with Gasteiger partial charge in [0.15, 0.2) is 4.67 Å². The Morgan fingerprint density at radius 3 is 2.65 bits per heavy atom. The Bertz CT molecular complexity index is 711. The SMILES string of the molecule is CN1CCN(c2ccc(Cl)cc2NC(=O)c2coc(Br)c2)CC1. The monoisotopic (exact) mass is 397 g/mol. The molecule has 0 atom stereocenters. The number of anilines is 2. The van der Waals surface area contributed by atoms with E-state index in [1.807, 2.05) is 12.1 Å². The molecule has 2 aromatic rings. The molecule has 0 aliphatic carbocycles. The van der Waals surface area contributed by atoms with E-state index in [0.29, 0.717) is 20.9 Å². The Morgan fingerprint density at radius 1 is 1.26 bits per heavy atom. The highest BCUT2D eigenvalue weighted by Crippen LogP contribution is 2.30. The zero-order valence-electron chi connectivity index (χ0n) is 12.7. The minimum absolute atomic E-state index is 0.225. The van der Waals surface area contributed by atoms with Gasteiger partial charge in [0, 0.05) is 37.3 Å². The van der Waals surface area contributed by atoms with Crippen LogP contribution in [0.15, 0.2) is 39.6 Å². The fraction of sp³-hybridized carbons (Fsp3) is 0.312. The molecule has 23 heavy (non-hydrogen) atoms. The van der Waals surface area contributed by atoms with Gasteiger partial charge in [-0.1, -0.05) is 11.6 Å². The highest BCUT2D eigenvalue weighted by atomic mass is 79.9. The van der Waals surface area contributed by atoms with Gasteiger partial charge in [0.1, 0.15) is 6.26 Å². The maximum atomic E-state index is 12.4. The molecule has 0 unspecified atom stereocenters. The van der Waals surface area contributed by atoms with Crippen LogP contribution in [-0.4, -0.2) is 44.0 Å². The smallest absolute Gasteiger partial charge is 0.259 e. The average molecular weight is 399 g/mol.